The van der Waals surface area contributed by atoms with E-state index in [0.717, 1.165) is 98.3 Å². The zero-order valence-electron chi connectivity index (χ0n) is 45.2. The standard InChI is InChI=1S/C18H35N3O4.C13H27N3O2.C10H19NO4.C7H16N2O.ClH/c1-7-13(2)15(20-17(23)25-18(4,5)6)16(22)19-12-14(3)21-8-10-24-11-9-21;1-4-10(2)12(14)13(17)15-9-11(3)16-5-7-18-8-6-16;1-6(2)7(8(12)13)11-9(14)15-10(3,4)5;1-7(6-8)9-2-4-10-5-3-9;/h13-15H,7-12H2,1-6H3,(H,19,22)(H,20,23);10-12H,4-9,14H2,1-3H3,(H,15,17);6-7H,1-5H3,(H,11,14)(H,12,13);7H,2-6,8H2,1H3;1H/t13-,14?,15-;10-,11?,12-;7-;;/m000../s1. The first-order chi connectivity index (χ1) is 31.7. The first-order valence-electron chi connectivity index (χ1n) is 24.9. The summed E-state index contributed by atoms with van der Waals surface area (Å²) in [6, 6.07) is -0.832. The van der Waals surface area contributed by atoms with Crippen LogP contribution in [0.25, 0.3) is 0 Å². The van der Waals surface area contributed by atoms with Crippen molar-refractivity contribution in [1.82, 2.24) is 36.0 Å². The summed E-state index contributed by atoms with van der Waals surface area (Å²) in [6.07, 6.45) is 0.443. The van der Waals surface area contributed by atoms with Gasteiger partial charge in [0.15, 0.2) is 0 Å². The van der Waals surface area contributed by atoms with Gasteiger partial charge in [0, 0.05) is 77.0 Å². The average Bonchev–Trinajstić information content (AvgIpc) is 3.29. The van der Waals surface area contributed by atoms with Gasteiger partial charge in [-0.3, -0.25) is 24.3 Å². The molecular formula is C48H98ClN9O11. The number of rotatable bonds is 18. The van der Waals surface area contributed by atoms with E-state index in [-0.39, 0.29) is 48.0 Å². The van der Waals surface area contributed by atoms with Crippen LogP contribution in [0.3, 0.4) is 0 Å². The van der Waals surface area contributed by atoms with E-state index in [1.807, 2.05) is 27.7 Å². The predicted octanol–water partition coefficient (Wildman–Crippen LogP) is 3.67. The number of alkyl carbamates (subject to hydrolysis) is 2. The molecule has 69 heavy (non-hydrogen) atoms. The molecule has 0 aromatic heterocycles. The number of carboxylic acids is 1. The lowest BCUT2D eigenvalue weighted by Crippen LogP contribution is -2.54. The Morgan fingerprint density at radius 1 is 0.580 bits per heavy atom. The molecule has 0 aromatic carbocycles. The molecule has 3 fully saturated rings. The molecule has 0 aromatic rings. The van der Waals surface area contributed by atoms with Gasteiger partial charge in [0.25, 0.3) is 0 Å². The number of hydrogen-bond donors (Lipinski definition) is 7. The quantitative estimate of drug-likeness (QED) is 0.103. The molecule has 0 saturated carbocycles. The summed E-state index contributed by atoms with van der Waals surface area (Å²) >= 11 is 0. The molecule has 3 heterocycles. The van der Waals surface area contributed by atoms with Gasteiger partial charge in [0.2, 0.25) is 11.8 Å². The minimum absolute atomic E-state index is 0. The van der Waals surface area contributed by atoms with E-state index >= 15 is 0 Å². The SMILES string of the molecule is CC(C)[C@H](NC(=O)OC(C)(C)C)C(=O)O.CC(CN)N1CCOCC1.CC[C@H](C)[C@H](N)C(=O)NCC(C)N1CCOCC1.CC[C@H](C)[C@H](NC(=O)OC(C)(C)C)C(=O)NCC(C)N1CCOCC1.Cl. The Balaban J connectivity index is 0. The number of nitrogens with one attached hydrogen (secondary N) is 4. The molecule has 0 spiro atoms. The van der Waals surface area contributed by atoms with Crippen LogP contribution in [-0.4, -0.2) is 196 Å². The highest BCUT2D eigenvalue weighted by Crippen LogP contribution is 2.13. The molecule has 21 heteroatoms. The van der Waals surface area contributed by atoms with Gasteiger partial charge in [-0.2, -0.15) is 0 Å². The van der Waals surface area contributed by atoms with Crippen molar-refractivity contribution in [3.63, 3.8) is 0 Å². The Hall–Kier alpha value is -3.08. The van der Waals surface area contributed by atoms with Gasteiger partial charge in [0.05, 0.1) is 45.7 Å². The van der Waals surface area contributed by atoms with Gasteiger partial charge >= 0.3 is 18.2 Å². The van der Waals surface area contributed by atoms with E-state index in [4.69, 9.17) is 40.3 Å². The number of aliphatic carboxylic acids is 1. The molecule has 3 aliphatic rings. The Bertz CT molecular complexity index is 1420. The molecule has 3 saturated heterocycles. The zero-order valence-corrected chi connectivity index (χ0v) is 46.0. The normalized spacial score (nSPS) is 19.4. The van der Waals surface area contributed by atoms with Crippen LogP contribution < -0.4 is 32.7 Å². The zero-order chi connectivity index (χ0) is 52.2. The minimum atomic E-state index is -1.06. The van der Waals surface area contributed by atoms with Crippen LogP contribution in [0.1, 0.15) is 117 Å². The smallest absolute Gasteiger partial charge is 0.408 e. The number of halogens is 1. The summed E-state index contributed by atoms with van der Waals surface area (Å²) < 4.78 is 26.1. The van der Waals surface area contributed by atoms with Gasteiger partial charge in [-0.05, 0) is 80.1 Å². The maximum atomic E-state index is 12.6. The van der Waals surface area contributed by atoms with Crippen LogP contribution in [0.2, 0.25) is 0 Å². The third kappa shape index (κ3) is 31.1. The van der Waals surface area contributed by atoms with Crippen molar-refractivity contribution >= 4 is 42.4 Å². The van der Waals surface area contributed by atoms with Crippen LogP contribution in [0.15, 0.2) is 0 Å². The van der Waals surface area contributed by atoms with Crippen LogP contribution in [0.5, 0.6) is 0 Å². The van der Waals surface area contributed by atoms with Crippen molar-refractivity contribution in [2.75, 3.05) is 98.5 Å². The van der Waals surface area contributed by atoms with Gasteiger partial charge in [-0.25, -0.2) is 14.4 Å². The van der Waals surface area contributed by atoms with Crippen molar-refractivity contribution in [2.45, 2.75) is 164 Å². The number of carbonyl (C=O) groups is 5. The van der Waals surface area contributed by atoms with Gasteiger partial charge < -0.3 is 61.5 Å². The number of carboxylic acid groups (broad SMARTS) is 1. The van der Waals surface area contributed by atoms with Crippen LogP contribution in [-0.2, 0) is 38.1 Å². The first-order valence-corrected chi connectivity index (χ1v) is 24.9. The van der Waals surface area contributed by atoms with Crippen LogP contribution in [0, 0.1) is 17.8 Å². The maximum Gasteiger partial charge on any atom is 0.408 e. The molecular weight excluding hydrogens is 914 g/mol. The minimum Gasteiger partial charge on any atom is -0.480 e. The lowest BCUT2D eigenvalue weighted by atomic mass is 9.98. The second kappa shape index (κ2) is 35.9. The number of nitrogens with zero attached hydrogens (tertiary/aromatic N) is 3. The molecule has 3 aliphatic heterocycles. The molecule has 8 atom stereocenters. The number of amides is 4. The van der Waals surface area contributed by atoms with Gasteiger partial charge in [0.1, 0.15) is 23.3 Å². The highest BCUT2D eigenvalue weighted by Gasteiger charge is 2.30. The molecule has 0 aliphatic carbocycles. The highest BCUT2D eigenvalue weighted by molar-refractivity contribution is 5.86. The van der Waals surface area contributed by atoms with Crippen molar-refractivity contribution in [2.24, 2.45) is 29.2 Å². The summed E-state index contributed by atoms with van der Waals surface area (Å²) in [4.78, 5) is 65.5. The van der Waals surface area contributed by atoms with Crippen molar-refractivity contribution in [3.05, 3.63) is 0 Å². The highest BCUT2D eigenvalue weighted by atomic mass is 35.5. The first kappa shape index (κ1) is 68.0. The van der Waals surface area contributed by atoms with E-state index in [1.54, 1.807) is 55.4 Å². The van der Waals surface area contributed by atoms with Gasteiger partial charge in [-0.15, -0.1) is 12.4 Å². The third-order valence-electron chi connectivity index (χ3n) is 11.8. The number of hydrogen-bond acceptors (Lipinski definition) is 15. The Labute approximate surface area is 421 Å². The molecule has 9 N–H and O–H groups in total. The monoisotopic (exact) mass is 1010 g/mol. The van der Waals surface area contributed by atoms with Crippen molar-refractivity contribution in [3.8, 4) is 0 Å². The van der Waals surface area contributed by atoms with E-state index in [0.29, 0.717) is 25.2 Å². The molecule has 4 amide bonds. The Morgan fingerprint density at radius 3 is 1.22 bits per heavy atom. The maximum absolute atomic E-state index is 12.6. The number of nitrogens with two attached hydrogens (primary N) is 2. The average molecular weight is 1010 g/mol. The molecule has 3 unspecified atom stereocenters. The fourth-order valence-corrected chi connectivity index (χ4v) is 6.78. The van der Waals surface area contributed by atoms with E-state index in [9.17, 15) is 24.0 Å². The van der Waals surface area contributed by atoms with E-state index < -0.39 is 47.5 Å². The summed E-state index contributed by atoms with van der Waals surface area (Å²) in [5.41, 5.74) is 10.2. The summed E-state index contributed by atoms with van der Waals surface area (Å²) in [6.45, 7) is 40.8. The number of carbonyl (C=O) groups excluding carboxylic acids is 4. The van der Waals surface area contributed by atoms with E-state index in [1.165, 1.54) is 0 Å². The van der Waals surface area contributed by atoms with E-state index in [2.05, 4.69) is 56.7 Å². The number of morpholine rings is 3. The lowest BCUT2D eigenvalue weighted by Gasteiger charge is -2.33. The fourth-order valence-electron chi connectivity index (χ4n) is 6.78. The van der Waals surface area contributed by atoms with Crippen LogP contribution in [0.4, 0.5) is 9.59 Å². The second-order valence-electron chi connectivity index (χ2n) is 20.3. The number of ether oxygens (including phenoxy) is 5. The summed E-state index contributed by atoms with van der Waals surface area (Å²) in [5, 5.41) is 19.8. The molecule has 0 radical (unpaired) electrons. The molecule has 3 rings (SSSR count). The molecule has 0 bridgehead atoms. The molecule has 20 nitrogen and oxygen atoms in total. The van der Waals surface area contributed by atoms with Crippen LogP contribution >= 0.6 is 12.4 Å². The largest absolute Gasteiger partial charge is 0.480 e. The lowest BCUT2D eigenvalue weighted by molar-refractivity contribution is -0.140. The fraction of sp³-hybridized carbons (Fsp3) is 0.896. The van der Waals surface area contributed by atoms with Gasteiger partial charge in [-0.1, -0.05) is 54.4 Å². The van der Waals surface area contributed by atoms with Crippen molar-refractivity contribution in [1.29, 1.82) is 0 Å². The third-order valence-corrected chi connectivity index (χ3v) is 11.8. The summed E-state index contributed by atoms with van der Waals surface area (Å²) in [7, 11) is 0. The second-order valence-corrected chi connectivity index (χ2v) is 20.3. The topological polar surface area (TPSA) is 262 Å². The summed E-state index contributed by atoms with van der Waals surface area (Å²) in [5.74, 6) is -1.20. The Morgan fingerprint density at radius 2 is 0.913 bits per heavy atom. The van der Waals surface area contributed by atoms with Crippen molar-refractivity contribution < 1.29 is 52.8 Å². The molecule has 408 valence electrons. The Kier molecular flexibility index (Phi) is 35.4. The predicted molar refractivity (Wildman–Crippen MR) is 274 cm³/mol.